The standard InChI is InChI=1S/C22H17N2O.C17H22NSi.Ir/c1-14(2)24-19-12-5-4-11-18(19)23-22(24)17-10-7-9-16-15-8-3-6-13-20(15)25-21(16)17;1-13(2)15-11-16(14-9-7-6-8-10-14)18-12-17(15)19(3,4)5;/h3-9,11-14H,1-2H3;6-9,11-13H,1-5H3;/q2*-1;. The van der Waals surface area contributed by atoms with Crippen molar-refractivity contribution in [2.75, 3.05) is 0 Å². The molecule has 4 nitrogen and oxygen atoms in total. The topological polar surface area (TPSA) is 43.9 Å². The van der Waals surface area contributed by atoms with Crippen LogP contribution >= 0.6 is 0 Å². The van der Waals surface area contributed by atoms with Gasteiger partial charge in [-0.3, -0.25) is 4.98 Å². The van der Waals surface area contributed by atoms with Gasteiger partial charge in [-0.05, 0) is 48.8 Å². The van der Waals surface area contributed by atoms with Gasteiger partial charge in [0.1, 0.15) is 5.58 Å². The van der Waals surface area contributed by atoms with E-state index in [1.165, 1.54) is 10.8 Å². The first kappa shape index (κ1) is 32.6. The van der Waals surface area contributed by atoms with Gasteiger partial charge in [0, 0.05) is 37.7 Å². The van der Waals surface area contributed by atoms with Gasteiger partial charge in [-0.1, -0.05) is 86.4 Å². The van der Waals surface area contributed by atoms with E-state index in [1.807, 2.05) is 48.5 Å². The summed E-state index contributed by atoms with van der Waals surface area (Å²) >= 11 is 0. The number of rotatable bonds is 5. The Morgan fingerprint density at radius 2 is 1.53 bits per heavy atom. The monoisotopic (exact) mass is 786 g/mol. The fourth-order valence-corrected chi connectivity index (χ4v) is 7.55. The predicted molar refractivity (Wildman–Crippen MR) is 187 cm³/mol. The number of furan rings is 1. The molecular weight excluding hydrogens is 747 g/mol. The van der Waals surface area contributed by atoms with E-state index in [0.29, 0.717) is 5.92 Å². The summed E-state index contributed by atoms with van der Waals surface area (Å²) in [6.45, 7) is 16.0. The quantitative estimate of drug-likeness (QED) is 0.129. The van der Waals surface area contributed by atoms with Gasteiger partial charge >= 0.3 is 0 Å². The molecule has 0 spiro atoms. The number of fused-ring (bicyclic) bond motifs is 4. The van der Waals surface area contributed by atoms with Crippen molar-refractivity contribution in [1.29, 1.82) is 0 Å². The molecule has 6 heteroatoms. The van der Waals surface area contributed by atoms with Crippen molar-refractivity contribution in [2.45, 2.75) is 59.3 Å². The van der Waals surface area contributed by atoms with Crippen molar-refractivity contribution >= 4 is 46.2 Å². The van der Waals surface area contributed by atoms with Gasteiger partial charge in [0.05, 0.1) is 30.5 Å². The van der Waals surface area contributed by atoms with Gasteiger partial charge < -0.3 is 14.0 Å². The van der Waals surface area contributed by atoms with E-state index < -0.39 is 8.07 Å². The van der Waals surface area contributed by atoms with Gasteiger partial charge in [0.15, 0.2) is 0 Å². The number of benzene rings is 4. The van der Waals surface area contributed by atoms with Crippen LogP contribution in [0.1, 0.15) is 45.2 Å². The second-order valence-corrected chi connectivity index (χ2v) is 18.0. The van der Waals surface area contributed by atoms with Crippen LogP contribution in [0.15, 0.2) is 102 Å². The molecule has 0 unspecified atom stereocenters. The van der Waals surface area contributed by atoms with Gasteiger partial charge in [-0.2, -0.15) is 0 Å². The van der Waals surface area contributed by atoms with Crippen LogP contribution < -0.4 is 5.19 Å². The molecule has 0 saturated carbocycles. The van der Waals surface area contributed by atoms with Crippen LogP contribution in [0, 0.1) is 12.1 Å². The Bertz CT molecular complexity index is 2070. The minimum Gasteiger partial charge on any atom is -0.501 e. The number of aromatic nitrogens is 3. The molecular formula is C39H39IrN3OSi-2. The van der Waals surface area contributed by atoms with Crippen LogP contribution in [0.2, 0.25) is 19.6 Å². The fraction of sp³-hybridized carbons (Fsp3) is 0.231. The first-order chi connectivity index (χ1) is 21.1. The molecule has 231 valence electrons. The summed E-state index contributed by atoms with van der Waals surface area (Å²) in [6.07, 6.45) is 2.09. The van der Waals surface area contributed by atoms with Crippen LogP contribution in [0.5, 0.6) is 0 Å². The summed E-state index contributed by atoms with van der Waals surface area (Å²) in [6, 6.07) is 37.6. The predicted octanol–water partition coefficient (Wildman–Crippen LogP) is 10.2. The van der Waals surface area contributed by atoms with Crippen molar-refractivity contribution in [1.82, 2.24) is 14.5 Å². The van der Waals surface area contributed by atoms with Gasteiger partial charge in [-0.15, -0.1) is 54.1 Å². The van der Waals surface area contributed by atoms with Crippen LogP contribution in [0.25, 0.3) is 55.6 Å². The maximum atomic E-state index is 6.18. The molecule has 0 bridgehead atoms. The third-order valence-electron chi connectivity index (χ3n) is 8.03. The van der Waals surface area contributed by atoms with E-state index in [0.717, 1.165) is 55.6 Å². The van der Waals surface area contributed by atoms with Crippen molar-refractivity contribution < 1.29 is 24.5 Å². The molecule has 0 aliphatic heterocycles. The molecule has 0 fully saturated rings. The minimum atomic E-state index is -1.34. The number of hydrogen-bond donors (Lipinski definition) is 0. The molecule has 0 aliphatic carbocycles. The van der Waals surface area contributed by atoms with E-state index in [2.05, 4.69) is 118 Å². The molecule has 0 atom stereocenters. The number of para-hydroxylation sites is 3. The first-order valence-corrected chi connectivity index (χ1v) is 18.9. The van der Waals surface area contributed by atoms with Crippen molar-refractivity contribution in [2.24, 2.45) is 0 Å². The molecule has 7 aromatic rings. The molecule has 1 radical (unpaired) electrons. The zero-order valence-electron chi connectivity index (χ0n) is 27.0. The van der Waals surface area contributed by atoms with E-state index in [9.17, 15) is 0 Å². The van der Waals surface area contributed by atoms with Gasteiger partial charge in [0.2, 0.25) is 0 Å². The largest absolute Gasteiger partial charge is 0.501 e. The zero-order valence-corrected chi connectivity index (χ0v) is 30.4. The summed E-state index contributed by atoms with van der Waals surface area (Å²) in [4.78, 5) is 9.56. The molecule has 45 heavy (non-hydrogen) atoms. The average molecular weight is 786 g/mol. The third-order valence-corrected chi connectivity index (χ3v) is 10.1. The van der Waals surface area contributed by atoms with E-state index in [1.54, 1.807) is 0 Å². The van der Waals surface area contributed by atoms with Crippen LogP contribution in [-0.2, 0) is 20.1 Å². The Morgan fingerprint density at radius 3 is 2.24 bits per heavy atom. The molecule has 0 N–H and O–H groups in total. The van der Waals surface area contributed by atoms with E-state index in [4.69, 9.17) is 9.40 Å². The van der Waals surface area contributed by atoms with Gasteiger partial charge in [-0.25, -0.2) is 0 Å². The van der Waals surface area contributed by atoms with Crippen molar-refractivity contribution in [3.63, 3.8) is 0 Å². The Labute approximate surface area is 280 Å². The second-order valence-electron chi connectivity index (χ2n) is 12.9. The minimum absolute atomic E-state index is 0. The Hall–Kier alpha value is -3.83. The molecule has 7 rings (SSSR count). The SMILES string of the molecule is CC(C)c1cc(-c2[c-]cccc2)ncc1[Si](C)(C)C.CC(C)n1c(-c2[c-]ccc3c2oc2ccccc23)nc2ccccc21.[Ir]. The first-order valence-electron chi connectivity index (χ1n) is 15.4. The van der Waals surface area contributed by atoms with Crippen LogP contribution in [0.4, 0.5) is 0 Å². The molecule has 0 saturated heterocycles. The average Bonchev–Trinajstić information content (AvgIpc) is 3.60. The zero-order chi connectivity index (χ0) is 31.0. The van der Waals surface area contributed by atoms with Crippen molar-refractivity contribution in [3.05, 3.63) is 115 Å². The maximum absolute atomic E-state index is 6.18. The van der Waals surface area contributed by atoms with Gasteiger partial charge in [0.25, 0.3) is 0 Å². The summed E-state index contributed by atoms with van der Waals surface area (Å²) < 4.78 is 8.44. The number of pyridine rings is 1. The fourth-order valence-electron chi connectivity index (χ4n) is 5.88. The Kier molecular flexibility index (Phi) is 9.59. The summed E-state index contributed by atoms with van der Waals surface area (Å²) in [5.74, 6) is 1.44. The summed E-state index contributed by atoms with van der Waals surface area (Å²) in [5, 5.41) is 3.70. The smallest absolute Gasteiger partial charge is 0.120 e. The maximum Gasteiger partial charge on any atom is 0.120 e. The number of hydrogen-bond acceptors (Lipinski definition) is 3. The summed E-state index contributed by atoms with van der Waals surface area (Å²) in [7, 11) is -1.34. The van der Waals surface area contributed by atoms with Crippen LogP contribution in [0.3, 0.4) is 0 Å². The van der Waals surface area contributed by atoms with E-state index in [-0.39, 0.29) is 26.1 Å². The molecule has 3 aromatic heterocycles. The Morgan fingerprint density at radius 1 is 0.800 bits per heavy atom. The normalized spacial score (nSPS) is 11.7. The molecule has 0 aliphatic rings. The summed E-state index contributed by atoms with van der Waals surface area (Å²) in [5.41, 5.74) is 8.34. The van der Waals surface area contributed by atoms with Crippen molar-refractivity contribution in [3.8, 4) is 22.6 Å². The third kappa shape index (κ3) is 6.46. The number of nitrogens with zero attached hydrogens (tertiary/aromatic N) is 3. The molecule has 4 aromatic carbocycles. The number of imidazole rings is 1. The second kappa shape index (κ2) is 13.3. The molecule has 3 heterocycles. The van der Waals surface area contributed by atoms with Crippen LogP contribution in [-0.4, -0.2) is 22.6 Å². The Balaban J connectivity index is 0.000000181. The van der Waals surface area contributed by atoms with E-state index >= 15 is 0 Å². The molecule has 0 amide bonds.